The van der Waals surface area contributed by atoms with Gasteiger partial charge in [0, 0.05) is 26.2 Å². The third-order valence-corrected chi connectivity index (χ3v) is 4.57. The van der Waals surface area contributed by atoms with Gasteiger partial charge in [-0.25, -0.2) is 4.98 Å². The Morgan fingerprint density at radius 1 is 1.26 bits per heavy atom. The van der Waals surface area contributed by atoms with Crippen LogP contribution < -0.4 is 10.6 Å². The second kappa shape index (κ2) is 7.99. The molecule has 1 heterocycles. The zero-order valence-electron chi connectivity index (χ0n) is 14.0. The molecule has 1 aliphatic rings. The molecule has 1 saturated carbocycles. The van der Waals surface area contributed by atoms with E-state index in [9.17, 15) is 0 Å². The highest BCUT2D eigenvalue weighted by Crippen LogP contribution is 2.17. The van der Waals surface area contributed by atoms with Crippen LogP contribution in [0.25, 0.3) is 11.0 Å². The number of hydrogen-bond donors (Lipinski definition) is 2. The van der Waals surface area contributed by atoms with E-state index in [-0.39, 0.29) is 0 Å². The molecule has 1 aliphatic carbocycles. The maximum Gasteiger partial charge on any atom is 0.191 e. The number of fused-ring (bicyclic) bond motifs is 1. The molecule has 23 heavy (non-hydrogen) atoms. The van der Waals surface area contributed by atoms with E-state index in [0.29, 0.717) is 6.04 Å². The lowest BCUT2D eigenvalue weighted by molar-refractivity contribution is 0.410. The molecule has 2 N–H and O–H groups in total. The number of para-hydroxylation sites is 2. The van der Waals surface area contributed by atoms with E-state index in [1.807, 2.05) is 19.4 Å². The molecule has 0 saturated heterocycles. The first kappa shape index (κ1) is 15.8. The monoisotopic (exact) mass is 313 g/mol. The number of nitrogens with one attached hydrogen (secondary N) is 2. The summed E-state index contributed by atoms with van der Waals surface area (Å²) in [4.78, 5) is 8.77. The molecule has 5 nitrogen and oxygen atoms in total. The summed E-state index contributed by atoms with van der Waals surface area (Å²) in [6.45, 7) is 1.88. The topological polar surface area (TPSA) is 54.2 Å². The number of hydrogen-bond acceptors (Lipinski definition) is 2. The van der Waals surface area contributed by atoms with Crippen molar-refractivity contribution in [2.45, 2.75) is 51.1 Å². The predicted octanol–water partition coefficient (Wildman–Crippen LogP) is 2.92. The molecule has 0 spiro atoms. The third-order valence-electron chi connectivity index (χ3n) is 4.57. The Morgan fingerprint density at radius 2 is 2.09 bits per heavy atom. The first-order chi connectivity index (χ1) is 11.4. The summed E-state index contributed by atoms with van der Waals surface area (Å²) in [6.07, 6.45) is 9.56. The van der Waals surface area contributed by atoms with Crippen molar-refractivity contribution in [2.75, 3.05) is 13.6 Å². The highest BCUT2D eigenvalue weighted by Gasteiger charge is 2.14. The van der Waals surface area contributed by atoms with E-state index in [1.54, 1.807) is 0 Å². The van der Waals surface area contributed by atoms with Crippen LogP contribution >= 0.6 is 0 Å². The fraction of sp³-hybridized carbons (Fsp3) is 0.556. The number of aliphatic imine (C=N–C) groups is 1. The first-order valence-electron chi connectivity index (χ1n) is 8.74. The zero-order chi connectivity index (χ0) is 15.9. The molecule has 1 fully saturated rings. The van der Waals surface area contributed by atoms with E-state index in [0.717, 1.165) is 31.0 Å². The average molecular weight is 313 g/mol. The normalized spacial score (nSPS) is 16.7. The van der Waals surface area contributed by atoms with Gasteiger partial charge < -0.3 is 15.2 Å². The molecule has 0 aliphatic heterocycles. The first-order valence-corrected chi connectivity index (χ1v) is 8.74. The van der Waals surface area contributed by atoms with Crippen LogP contribution in [0.1, 0.15) is 38.5 Å². The minimum Gasteiger partial charge on any atom is -0.356 e. The van der Waals surface area contributed by atoms with Crippen molar-refractivity contribution in [2.24, 2.45) is 4.99 Å². The largest absolute Gasteiger partial charge is 0.356 e. The predicted molar refractivity (Wildman–Crippen MR) is 95.7 cm³/mol. The van der Waals surface area contributed by atoms with Gasteiger partial charge in [0.1, 0.15) is 0 Å². The zero-order valence-corrected chi connectivity index (χ0v) is 14.0. The summed E-state index contributed by atoms with van der Waals surface area (Å²) in [5.41, 5.74) is 2.27. The number of nitrogens with zero attached hydrogens (tertiary/aromatic N) is 3. The Labute approximate surface area is 138 Å². The van der Waals surface area contributed by atoms with Gasteiger partial charge in [-0.2, -0.15) is 0 Å². The van der Waals surface area contributed by atoms with Crippen molar-refractivity contribution in [3.63, 3.8) is 0 Å². The van der Waals surface area contributed by atoms with Gasteiger partial charge in [-0.15, -0.1) is 0 Å². The van der Waals surface area contributed by atoms with Crippen LogP contribution in [-0.4, -0.2) is 35.1 Å². The van der Waals surface area contributed by atoms with Crippen molar-refractivity contribution in [3.8, 4) is 0 Å². The fourth-order valence-corrected chi connectivity index (χ4v) is 3.28. The highest BCUT2D eigenvalue weighted by molar-refractivity contribution is 5.80. The maximum absolute atomic E-state index is 4.43. The van der Waals surface area contributed by atoms with Crippen molar-refractivity contribution >= 4 is 17.0 Å². The average Bonchev–Trinajstić information content (AvgIpc) is 3.02. The van der Waals surface area contributed by atoms with Crippen LogP contribution in [-0.2, 0) is 6.54 Å². The molecule has 3 rings (SSSR count). The molecule has 124 valence electrons. The highest BCUT2D eigenvalue weighted by atomic mass is 15.2. The maximum atomic E-state index is 4.43. The van der Waals surface area contributed by atoms with Crippen molar-refractivity contribution in [1.82, 2.24) is 20.2 Å². The smallest absolute Gasteiger partial charge is 0.191 e. The number of rotatable bonds is 5. The van der Waals surface area contributed by atoms with Gasteiger partial charge in [0.2, 0.25) is 0 Å². The summed E-state index contributed by atoms with van der Waals surface area (Å²) < 4.78 is 2.22. The molecular formula is C18H27N5. The van der Waals surface area contributed by atoms with Gasteiger partial charge in [-0.05, 0) is 31.4 Å². The SMILES string of the molecule is CN=C(NCCCn1cnc2ccccc21)NC1CCCCC1. The van der Waals surface area contributed by atoms with Crippen molar-refractivity contribution in [1.29, 1.82) is 0 Å². The minimum absolute atomic E-state index is 0.590. The number of aryl methyl sites for hydroxylation is 1. The van der Waals surface area contributed by atoms with Gasteiger partial charge in [0.15, 0.2) is 5.96 Å². The number of aromatic nitrogens is 2. The molecule has 0 unspecified atom stereocenters. The minimum atomic E-state index is 0.590. The van der Waals surface area contributed by atoms with Crippen LogP contribution in [0.5, 0.6) is 0 Å². The Bertz CT molecular complexity index is 640. The second-order valence-electron chi connectivity index (χ2n) is 6.26. The Hall–Kier alpha value is -2.04. The van der Waals surface area contributed by atoms with Crippen molar-refractivity contribution < 1.29 is 0 Å². The van der Waals surface area contributed by atoms with Crippen molar-refractivity contribution in [3.05, 3.63) is 30.6 Å². The Kier molecular flexibility index (Phi) is 5.51. The third kappa shape index (κ3) is 4.24. The standard InChI is InChI=1S/C18H27N5/c1-19-18(22-15-8-3-2-4-9-15)20-12-7-13-23-14-21-16-10-5-6-11-17(16)23/h5-6,10-11,14-15H,2-4,7-9,12-13H2,1H3,(H2,19,20,22). The van der Waals surface area contributed by atoms with E-state index >= 15 is 0 Å². The Balaban J connectivity index is 1.43. The lowest BCUT2D eigenvalue weighted by atomic mass is 9.96. The summed E-state index contributed by atoms with van der Waals surface area (Å²) in [5, 5.41) is 6.98. The lowest BCUT2D eigenvalue weighted by Crippen LogP contribution is -2.44. The summed E-state index contributed by atoms with van der Waals surface area (Å²) in [7, 11) is 1.85. The number of imidazole rings is 1. The molecule has 2 aromatic rings. The van der Waals surface area contributed by atoms with E-state index in [2.05, 4.69) is 43.4 Å². The number of guanidine groups is 1. The molecule has 1 aromatic carbocycles. The van der Waals surface area contributed by atoms with Crippen LogP contribution in [0, 0.1) is 0 Å². The lowest BCUT2D eigenvalue weighted by Gasteiger charge is -2.24. The molecule has 0 amide bonds. The summed E-state index contributed by atoms with van der Waals surface area (Å²) >= 11 is 0. The number of benzene rings is 1. The van der Waals surface area contributed by atoms with E-state index in [1.165, 1.54) is 37.6 Å². The van der Waals surface area contributed by atoms with Gasteiger partial charge in [0.25, 0.3) is 0 Å². The second-order valence-corrected chi connectivity index (χ2v) is 6.26. The molecule has 0 atom stereocenters. The van der Waals surface area contributed by atoms with Gasteiger partial charge in [-0.3, -0.25) is 4.99 Å². The summed E-state index contributed by atoms with van der Waals surface area (Å²) in [6, 6.07) is 8.86. The van der Waals surface area contributed by atoms with Gasteiger partial charge >= 0.3 is 0 Å². The van der Waals surface area contributed by atoms with E-state index in [4.69, 9.17) is 0 Å². The molecule has 0 bridgehead atoms. The molecule has 5 heteroatoms. The quantitative estimate of drug-likeness (QED) is 0.507. The van der Waals surface area contributed by atoms with Gasteiger partial charge in [0.05, 0.1) is 17.4 Å². The van der Waals surface area contributed by atoms with Crippen LogP contribution in [0.2, 0.25) is 0 Å². The van der Waals surface area contributed by atoms with E-state index < -0.39 is 0 Å². The van der Waals surface area contributed by atoms with Crippen LogP contribution in [0.15, 0.2) is 35.6 Å². The molecule has 0 radical (unpaired) electrons. The Morgan fingerprint density at radius 3 is 2.91 bits per heavy atom. The van der Waals surface area contributed by atoms with Crippen LogP contribution in [0.4, 0.5) is 0 Å². The van der Waals surface area contributed by atoms with Gasteiger partial charge in [-0.1, -0.05) is 31.4 Å². The fourth-order valence-electron chi connectivity index (χ4n) is 3.28. The summed E-state index contributed by atoms with van der Waals surface area (Å²) in [5.74, 6) is 0.937. The van der Waals surface area contributed by atoms with Crippen LogP contribution in [0.3, 0.4) is 0 Å². The molecule has 1 aromatic heterocycles. The molecular weight excluding hydrogens is 286 g/mol.